The van der Waals surface area contributed by atoms with Gasteiger partial charge in [0, 0.05) is 30.8 Å². The van der Waals surface area contributed by atoms with Crippen molar-refractivity contribution in [2.75, 3.05) is 25.0 Å². The molecule has 0 aliphatic carbocycles. The van der Waals surface area contributed by atoms with Gasteiger partial charge in [0.15, 0.2) is 5.69 Å². The second-order valence-corrected chi connectivity index (χ2v) is 8.63. The van der Waals surface area contributed by atoms with Gasteiger partial charge in [-0.1, -0.05) is 30.3 Å². The van der Waals surface area contributed by atoms with Gasteiger partial charge in [0.2, 0.25) is 5.91 Å². The second kappa shape index (κ2) is 10.2. The van der Waals surface area contributed by atoms with Crippen molar-refractivity contribution in [1.29, 1.82) is 0 Å². The summed E-state index contributed by atoms with van der Waals surface area (Å²) >= 11 is 0. The normalized spacial score (nSPS) is 15.4. The molecule has 2 heterocycles. The number of ether oxygens (including phenoxy) is 1. The van der Waals surface area contributed by atoms with Crippen LogP contribution in [0.1, 0.15) is 41.4 Å². The van der Waals surface area contributed by atoms with Crippen LogP contribution in [0.5, 0.6) is 0 Å². The molecule has 2 aromatic carbocycles. The van der Waals surface area contributed by atoms with Crippen molar-refractivity contribution in [3.05, 3.63) is 69.6 Å². The first-order valence-corrected chi connectivity index (χ1v) is 11.7. The fraction of sp³-hybridized carbons (Fsp3) is 0.385. The molecule has 1 saturated heterocycles. The Bertz CT molecular complexity index is 1280. The maximum atomic E-state index is 13.7. The Morgan fingerprint density at radius 2 is 1.91 bits per heavy atom. The average Bonchev–Trinajstić information content (AvgIpc) is 3.35. The number of rotatable bonds is 7. The van der Waals surface area contributed by atoms with Gasteiger partial charge in [0.05, 0.1) is 11.5 Å². The third-order valence-corrected chi connectivity index (χ3v) is 6.32. The average molecular weight is 463 g/mol. The third-order valence-electron chi connectivity index (χ3n) is 6.32. The Balaban J connectivity index is 1.66. The number of amides is 2. The number of hydrogen-bond donors (Lipinski definition) is 1. The summed E-state index contributed by atoms with van der Waals surface area (Å²) < 4.78 is 7.04. The number of nitrogens with one attached hydrogen (secondary N) is 1. The van der Waals surface area contributed by atoms with Crippen molar-refractivity contribution in [3.63, 3.8) is 0 Å². The molecule has 34 heavy (non-hydrogen) atoms. The lowest BCUT2D eigenvalue weighted by Gasteiger charge is -2.25. The van der Waals surface area contributed by atoms with Crippen molar-refractivity contribution in [1.82, 2.24) is 14.7 Å². The van der Waals surface area contributed by atoms with Crippen molar-refractivity contribution < 1.29 is 14.3 Å². The van der Waals surface area contributed by atoms with E-state index in [1.807, 2.05) is 32.0 Å². The van der Waals surface area contributed by atoms with Gasteiger partial charge in [-0.05, 0) is 56.9 Å². The molecule has 8 nitrogen and oxygen atoms in total. The van der Waals surface area contributed by atoms with Crippen molar-refractivity contribution in [2.24, 2.45) is 0 Å². The number of hydrogen-bond acceptors (Lipinski definition) is 5. The molecule has 2 amide bonds. The van der Waals surface area contributed by atoms with Crippen LogP contribution in [-0.2, 0) is 16.1 Å². The van der Waals surface area contributed by atoms with E-state index in [-0.39, 0.29) is 36.4 Å². The molecule has 0 radical (unpaired) electrons. The number of benzene rings is 2. The molecule has 1 aliphatic heterocycles. The summed E-state index contributed by atoms with van der Waals surface area (Å²) in [6.07, 6.45) is 1.61. The number of aryl methyl sites for hydroxylation is 2. The highest BCUT2D eigenvalue weighted by Crippen LogP contribution is 2.20. The minimum atomic E-state index is -0.398. The topological polar surface area (TPSA) is 93.5 Å². The number of aromatic nitrogens is 2. The summed E-state index contributed by atoms with van der Waals surface area (Å²) in [7, 11) is 0. The summed E-state index contributed by atoms with van der Waals surface area (Å²) in [6.45, 7) is 6.85. The van der Waals surface area contributed by atoms with Crippen LogP contribution in [-0.4, -0.2) is 52.3 Å². The smallest absolute Gasteiger partial charge is 0.275 e. The van der Waals surface area contributed by atoms with E-state index >= 15 is 0 Å². The van der Waals surface area contributed by atoms with Gasteiger partial charge in [-0.25, -0.2) is 4.68 Å². The van der Waals surface area contributed by atoms with E-state index in [9.17, 15) is 14.4 Å². The molecular formula is C26H30N4O4. The first kappa shape index (κ1) is 23.6. The van der Waals surface area contributed by atoms with Gasteiger partial charge < -0.3 is 15.0 Å². The van der Waals surface area contributed by atoms with E-state index < -0.39 is 5.91 Å². The standard InChI is InChI=1S/C26H30N4O4/c1-4-30-25(32)21-12-6-5-11-20(21)24(28-30)26(33)29(15-19-10-8-14-34-19)16-23(31)27-22-13-7-9-17(2)18(22)3/h5-7,9,11-13,19H,4,8,10,14-16H2,1-3H3,(H,27,31). The van der Waals surface area contributed by atoms with Crippen molar-refractivity contribution in [2.45, 2.75) is 46.3 Å². The molecule has 1 fully saturated rings. The molecule has 0 bridgehead atoms. The van der Waals surface area contributed by atoms with Gasteiger partial charge in [-0.15, -0.1) is 0 Å². The van der Waals surface area contributed by atoms with E-state index in [1.165, 1.54) is 9.58 Å². The van der Waals surface area contributed by atoms with Crippen LogP contribution in [0, 0.1) is 13.8 Å². The Morgan fingerprint density at radius 3 is 2.62 bits per heavy atom. The van der Waals surface area contributed by atoms with Gasteiger partial charge >= 0.3 is 0 Å². The number of anilines is 1. The number of fused-ring (bicyclic) bond motifs is 1. The van der Waals surface area contributed by atoms with Gasteiger partial charge in [0.1, 0.15) is 6.54 Å². The van der Waals surface area contributed by atoms with Gasteiger partial charge in [-0.3, -0.25) is 14.4 Å². The number of carbonyl (C=O) groups is 2. The van der Waals surface area contributed by atoms with E-state index in [2.05, 4.69) is 10.4 Å². The summed E-state index contributed by atoms with van der Waals surface area (Å²) in [4.78, 5) is 41.0. The van der Waals surface area contributed by atoms with Crippen LogP contribution >= 0.6 is 0 Å². The van der Waals surface area contributed by atoms with Crippen LogP contribution < -0.4 is 10.9 Å². The summed E-state index contributed by atoms with van der Waals surface area (Å²) in [6, 6.07) is 12.7. The first-order chi connectivity index (χ1) is 16.4. The Kier molecular flexibility index (Phi) is 7.07. The van der Waals surface area contributed by atoms with E-state index in [1.54, 1.807) is 31.2 Å². The van der Waals surface area contributed by atoms with Crippen molar-refractivity contribution >= 4 is 28.3 Å². The maximum absolute atomic E-state index is 13.7. The van der Waals surface area contributed by atoms with Gasteiger partial charge in [0.25, 0.3) is 11.5 Å². The Labute approximate surface area is 198 Å². The lowest BCUT2D eigenvalue weighted by atomic mass is 10.1. The zero-order valence-electron chi connectivity index (χ0n) is 19.8. The van der Waals surface area contributed by atoms with Crippen LogP contribution in [0.15, 0.2) is 47.3 Å². The highest BCUT2D eigenvalue weighted by molar-refractivity contribution is 6.06. The molecule has 0 saturated carbocycles. The molecule has 8 heteroatoms. The second-order valence-electron chi connectivity index (χ2n) is 8.63. The first-order valence-electron chi connectivity index (χ1n) is 11.7. The fourth-order valence-electron chi connectivity index (χ4n) is 4.26. The molecule has 4 rings (SSSR count). The van der Waals surface area contributed by atoms with E-state index in [4.69, 9.17) is 4.74 Å². The monoisotopic (exact) mass is 462 g/mol. The minimum absolute atomic E-state index is 0.138. The highest BCUT2D eigenvalue weighted by atomic mass is 16.5. The largest absolute Gasteiger partial charge is 0.376 e. The molecule has 1 atom stereocenters. The summed E-state index contributed by atoms with van der Waals surface area (Å²) in [5.41, 5.74) is 2.69. The molecule has 3 aromatic rings. The highest BCUT2D eigenvalue weighted by Gasteiger charge is 2.28. The molecule has 1 unspecified atom stereocenters. The lowest BCUT2D eigenvalue weighted by molar-refractivity contribution is -0.117. The molecule has 178 valence electrons. The minimum Gasteiger partial charge on any atom is -0.376 e. The molecule has 1 N–H and O–H groups in total. The number of nitrogens with zero attached hydrogens (tertiary/aromatic N) is 3. The van der Waals surface area contributed by atoms with Crippen LogP contribution in [0.3, 0.4) is 0 Å². The third kappa shape index (κ3) is 4.87. The zero-order valence-corrected chi connectivity index (χ0v) is 19.8. The van der Waals surface area contributed by atoms with E-state index in [0.717, 1.165) is 29.7 Å². The molecule has 1 aromatic heterocycles. The quantitative estimate of drug-likeness (QED) is 0.582. The van der Waals surface area contributed by atoms with Crippen LogP contribution in [0.25, 0.3) is 10.8 Å². The van der Waals surface area contributed by atoms with Crippen molar-refractivity contribution in [3.8, 4) is 0 Å². The fourth-order valence-corrected chi connectivity index (χ4v) is 4.26. The predicted octanol–water partition coefficient (Wildman–Crippen LogP) is 3.29. The maximum Gasteiger partial charge on any atom is 0.275 e. The molecular weight excluding hydrogens is 432 g/mol. The Morgan fingerprint density at radius 1 is 1.15 bits per heavy atom. The van der Waals surface area contributed by atoms with Crippen LogP contribution in [0.4, 0.5) is 5.69 Å². The Hall–Kier alpha value is -3.52. The SMILES string of the molecule is CCn1nc(C(=O)N(CC(=O)Nc2cccc(C)c2C)CC2CCCO2)c2ccccc2c1=O. The summed E-state index contributed by atoms with van der Waals surface area (Å²) in [5.74, 6) is -0.696. The molecule has 1 aliphatic rings. The van der Waals surface area contributed by atoms with E-state index in [0.29, 0.717) is 23.9 Å². The predicted molar refractivity (Wildman–Crippen MR) is 131 cm³/mol. The van der Waals surface area contributed by atoms with Gasteiger partial charge in [-0.2, -0.15) is 5.10 Å². The number of carbonyl (C=O) groups excluding carboxylic acids is 2. The zero-order chi connectivity index (χ0) is 24.2. The molecule has 0 spiro atoms. The van der Waals surface area contributed by atoms with Crippen LogP contribution in [0.2, 0.25) is 0 Å². The summed E-state index contributed by atoms with van der Waals surface area (Å²) in [5, 5.41) is 8.22. The lowest BCUT2D eigenvalue weighted by Crippen LogP contribution is -2.43.